The van der Waals surface area contributed by atoms with E-state index in [1.807, 2.05) is 17.5 Å². The molecule has 0 unspecified atom stereocenters. The molecular weight excluding hydrogens is 361 g/mol. The van der Waals surface area contributed by atoms with Gasteiger partial charge in [0, 0.05) is 6.42 Å². The van der Waals surface area contributed by atoms with Crippen LogP contribution in [0.15, 0.2) is 41.8 Å². The summed E-state index contributed by atoms with van der Waals surface area (Å²) < 4.78 is 41.8. The van der Waals surface area contributed by atoms with E-state index in [-0.39, 0.29) is 0 Å². The number of rotatable bonds is 2. The van der Waals surface area contributed by atoms with E-state index in [2.05, 4.69) is 4.58 Å². The van der Waals surface area contributed by atoms with Crippen molar-refractivity contribution in [1.82, 2.24) is 0 Å². The van der Waals surface area contributed by atoms with Crippen LogP contribution in [-0.2, 0) is 11.9 Å². The summed E-state index contributed by atoms with van der Waals surface area (Å²) in [6.07, 6.45) is -0.565. The molecule has 1 aromatic carbocycles. The fourth-order valence-corrected chi connectivity index (χ4v) is 4.71. The summed E-state index contributed by atoms with van der Waals surface area (Å²) in [5, 5.41) is 13.5. The Kier molecular flexibility index (Phi) is 4.31. The quantitative estimate of drug-likeness (QED) is 0.780. The summed E-state index contributed by atoms with van der Waals surface area (Å²) in [7, 11) is 0. The van der Waals surface area contributed by atoms with Gasteiger partial charge in [0.1, 0.15) is 5.69 Å². The highest BCUT2D eigenvalue weighted by Crippen LogP contribution is 2.41. The van der Waals surface area contributed by atoms with Crippen LogP contribution in [0.2, 0.25) is 0 Å². The number of halogens is 3. The zero-order chi connectivity index (χ0) is 18.4. The number of hydrogen-bond donors (Lipinski definition) is 1. The second kappa shape index (κ2) is 6.39. The fraction of sp³-hybridized carbons (Fsp3) is 0.421. The Labute approximate surface area is 154 Å². The molecule has 1 aromatic heterocycles. The predicted molar refractivity (Wildman–Crippen MR) is 95.6 cm³/mol. The van der Waals surface area contributed by atoms with Gasteiger partial charge in [-0.1, -0.05) is 12.1 Å². The van der Waals surface area contributed by atoms with Gasteiger partial charge in [0.25, 0.3) is 11.6 Å². The number of aliphatic hydroxyl groups is 1. The largest absolute Gasteiger partial charge is 0.416 e. The molecule has 3 nitrogen and oxygen atoms in total. The Balaban J connectivity index is 1.84. The predicted octanol–water partition coefficient (Wildman–Crippen LogP) is 4.42. The van der Waals surface area contributed by atoms with E-state index in [4.69, 9.17) is 0 Å². The molecule has 0 bridgehead atoms. The summed E-state index contributed by atoms with van der Waals surface area (Å²) in [6.45, 7) is 1.19. The number of hydrogen-bond acceptors (Lipinski definition) is 3. The molecular formula is C19H20F3N2OS+. The molecule has 1 atom stereocenters. The zero-order valence-corrected chi connectivity index (χ0v) is 15.0. The minimum absolute atomic E-state index is 0.374. The van der Waals surface area contributed by atoms with Crippen molar-refractivity contribution in [2.75, 3.05) is 18.0 Å². The zero-order valence-electron chi connectivity index (χ0n) is 14.2. The van der Waals surface area contributed by atoms with Crippen molar-refractivity contribution in [2.45, 2.75) is 37.6 Å². The van der Waals surface area contributed by atoms with Gasteiger partial charge in [0.05, 0.1) is 17.0 Å². The second-order valence-electron chi connectivity index (χ2n) is 6.83. The number of alkyl halides is 3. The van der Waals surface area contributed by atoms with Gasteiger partial charge < -0.3 is 5.11 Å². The van der Waals surface area contributed by atoms with Crippen LogP contribution in [0.3, 0.4) is 0 Å². The average Bonchev–Trinajstić information content (AvgIpc) is 3.17. The lowest BCUT2D eigenvalue weighted by Gasteiger charge is -2.28. The van der Waals surface area contributed by atoms with Crippen LogP contribution >= 0.6 is 11.3 Å². The lowest BCUT2D eigenvalue weighted by Crippen LogP contribution is -2.47. The van der Waals surface area contributed by atoms with Crippen molar-refractivity contribution in [1.29, 1.82) is 0 Å². The van der Waals surface area contributed by atoms with Gasteiger partial charge in [-0.05, 0) is 48.9 Å². The molecule has 2 aliphatic rings. The molecule has 26 heavy (non-hydrogen) atoms. The molecule has 7 heteroatoms. The fourth-order valence-electron chi connectivity index (χ4n) is 3.90. The number of amidine groups is 1. The number of nitrogens with zero attached hydrogens (tertiary/aromatic N) is 2. The van der Waals surface area contributed by atoms with Gasteiger partial charge in [0.2, 0.25) is 0 Å². The molecule has 0 aliphatic carbocycles. The molecule has 0 saturated heterocycles. The number of thiophene rings is 1. The first kappa shape index (κ1) is 17.5. The molecule has 4 rings (SSSR count). The van der Waals surface area contributed by atoms with Crippen LogP contribution in [0.25, 0.3) is 0 Å². The van der Waals surface area contributed by atoms with Crippen molar-refractivity contribution in [2.24, 2.45) is 0 Å². The van der Waals surface area contributed by atoms with E-state index in [1.165, 1.54) is 17.4 Å². The highest BCUT2D eigenvalue weighted by atomic mass is 32.1. The van der Waals surface area contributed by atoms with Gasteiger partial charge in [-0.2, -0.15) is 18.1 Å². The maximum absolute atomic E-state index is 13.2. The lowest BCUT2D eigenvalue weighted by molar-refractivity contribution is -0.534. The van der Waals surface area contributed by atoms with Crippen LogP contribution in [0, 0.1) is 0 Å². The lowest BCUT2D eigenvalue weighted by atomic mass is 10.1. The summed E-state index contributed by atoms with van der Waals surface area (Å²) in [4.78, 5) is 2.47. The molecule has 0 fully saturated rings. The highest BCUT2D eigenvalue weighted by Gasteiger charge is 2.55. The summed E-state index contributed by atoms with van der Waals surface area (Å²) in [5.74, 6) is 0.915. The van der Waals surface area contributed by atoms with E-state index in [0.29, 0.717) is 12.2 Å². The molecule has 2 aromatic rings. The Morgan fingerprint density at radius 2 is 1.96 bits per heavy atom. The van der Waals surface area contributed by atoms with Crippen molar-refractivity contribution >= 4 is 22.9 Å². The second-order valence-corrected chi connectivity index (χ2v) is 7.77. The minimum Gasteiger partial charge on any atom is -0.345 e. The first-order valence-electron chi connectivity index (χ1n) is 8.74. The first-order chi connectivity index (χ1) is 12.4. The third kappa shape index (κ3) is 2.93. The Morgan fingerprint density at radius 1 is 1.12 bits per heavy atom. The monoisotopic (exact) mass is 381 g/mol. The van der Waals surface area contributed by atoms with Crippen molar-refractivity contribution in [3.63, 3.8) is 0 Å². The van der Waals surface area contributed by atoms with Gasteiger partial charge in [-0.3, -0.25) is 4.58 Å². The Hall–Kier alpha value is -1.86. The molecule has 0 amide bonds. The van der Waals surface area contributed by atoms with Crippen LogP contribution in [0.5, 0.6) is 0 Å². The standard InChI is InChI=1S/C19H20F3N2OS/c20-19(21,22)14-6-4-7-15(12-14)24-17-9-2-1-3-10-23(17)13-18(24,25)16-8-5-11-26-16/h4-8,11-12,25H,1-3,9-10,13H2/q+1/t18-/m1/s1. The van der Waals surface area contributed by atoms with E-state index >= 15 is 0 Å². The summed E-state index contributed by atoms with van der Waals surface area (Å²) in [5.41, 5.74) is -1.66. The van der Waals surface area contributed by atoms with Gasteiger partial charge in [-0.25, -0.2) is 0 Å². The molecule has 0 saturated carbocycles. The van der Waals surface area contributed by atoms with E-state index in [0.717, 1.165) is 55.1 Å². The van der Waals surface area contributed by atoms with Crippen molar-refractivity contribution < 1.29 is 22.9 Å². The number of anilines is 1. The van der Waals surface area contributed by atoms with Gasteiger partial charge in [-0.15, -0.1) is 11.3 Å². The topological polar surface area (TPSA) is 26.5 Å². The molecule has 3 heterocycles. The van der Waals surface area contributed by atoms with Gasteiger partial charge >= 0.3 is 6.18 Å². The van der Waals surface area contributed by atoms with Crippen LogP contribution in [-0.4, -0.2) is 28.6 Å². The first-order valence-corrected chi connectivity index (χ1v) is 9.62. The summed E-state index contributed by atoms with van der Waals surface area (Å²) in [6, 6.07) is 8.97. The normalized spacial score (nSPS) is 23.9. The smallest absolute Gasteiger partial charge is 0.345 e. The molecule has 0 radical (unpaired) electrons. The molecule has 2 aliphatic heterocycles. The SMILES string of the molecule is O[C@@]1(c2cccs2)C[N+]2=C(CCCCC2)N1c1cccc(C(F)(F)F)c1. The molecule has 138 valence electrons. The van der Waals surface area contributed by atoms with Crippen molar-refractivity contribution in [3.8, 4) is 0 Å². The minimum atomic E-state index is -4.41. The van der Waals surface area contributed by atoms with E-state index in [1.54, 1.807) is 11.0 Å². The van der Waals surface area contributed by atoms with Crippen LogP contribution in [0.1, 0.15) is 36.1 Å². The highest BCUT2D eigenvalue weighted by molar-refractivity contribution is 7.10. The average molecular weight is 381 g/mol. The van der Waals surface area contributed by atoms with Crippen LogP contribution < -0.4 is 4.90 Å². The molecule has 1 N–H and O–H groups in total. The maximum atomic E-state index is 13.2. The summed E-state index contributed by atoms with van der Waals surface area (Å²) >= 11 is 1.42. The Bertz CT molecular complexity index is 832. The molecule has 0 spiro atoms. The third-order valence-corrected chi connectivity index (χ3v) is 6.09. The van der Waals surface area contributed by atoms with Crippen molar-refractivity contribution in [3.05, 3.63) is 52.2 Å². The Morgan fingerprint density at radius 3 is 2.69 bits per heavy atom. The van der Waals surface area contributed by atoms with E-state index in [9.17, 15) is 18.3 Å². The third-order valence-electron chi connectivity index (χ3n) is 5.08. The maximum Gasteiger partial charge on any atom is 0.416 e. The van der Waals surface area contributed by atoms with E-state index < -0.39 is 17.5 Å². The van der Waals surface area contributed by atoms with Crippen LogP contribution in [0.4, 0.5) is 18.9 Å². The van der Waals surface area contributed by atoms with Gasteiger partial charge in [0.15, 0.2) is 6.54 Å². The number of benzene rings is 1.